The molecular formula is C18H29Cl2N3O. The van der Waals surface area contributed by atoms with E-state index in [0.29, 0.717) is 17.4 Å². The van der Waals surface area contributed by atoms with Crippen LogP contribution < -0.4 is 5.73 Å². The van der Waals surface area contributed by atoms with Gasteiger partial charge in [-0.25, -0.2) is 4.98 Å². The van der Waals surface area contributed by atoms with Gasteiger partial charge in [0.2, 0.25) is 5.91 Å². The summed E-state index contributed by atoms with van der Waals surface area (Å²) in [7, 11) is 0. The summed E-state index contributed by atoms with van der Waals surface area (Å²) in [6, 6.07) is 5.54. The highest BCUT2D eigenvalue weighted by atomic mass is 35.5. The zero-order valence-corrected chi connectivity index (χ0v) is 16.5. The molecule has 4 nitrogen and oxygen atoms in total. The summed E-state index contributed by atoms with van der Waals surface area (Å²) in [4.78, 5) is 16.2. The predicted octanol–water partition coefficient (Wildman–Crippen LogP) is 4.61. The third kappa shape index (κ3) is 5.67. The molecule has 0 aliphatic carbocycles. The minimum atomic E-state index is -0.387. The standard InChI is InChI=1S/C18H27N3O.2ClH/c1-12(2)5-8-17-20-15-7-6-14(18(19)22)11-16(15)21(17)10-9-13(3)4;;/h6-7,11-13H,5,8-10H2,1-4H3,(H2,19,22);2*1H. The molecule has 0 bridgehead atoms. The molecule has 6 heteroatoms. The maximum atomic E-state index is 11.4. The Morgan fingerprint density at radius 1 is 1.12 bits per heavy atom. The van der Waals surface area contributed by atoms with Crippen LogP contribution in [0.1, 0.15) is 56.7 Å². The molecule has 136 valence electrons. The Morgan fingerprint density at radius 3 is 2.29 bits per heavy atom. The van der Waals surface area contributed by atoms with Crippen molar-refractivity contribution in [1.29, 1.82) is 0 Å². The average molecular weight is 374 g/mol. The Balaban J connectivity index is 0.00000264. The van der Waals surface area contributed by atoms with E-state index in [-0.39, 0.29) is 30.7 Å². The van der Waals surface area contributed by atoms with Gasteiger partial charge in [-0.15, -0.1) is 24.8 Å². The monoisotopic (exact) mass is 373 g/mol. The van der Waals surface area contributed by atoms with Crippen LogP contribution >= 0.6 is 24.8 Å². The molecule has 2 rings (SSSR count). The number of aromatic nitrogens is 2. The van der Waals surface area contributed by atoms with Gasteiger partial charge in [0.05, 0.1) is 11.0 Å². The van der Waals surface area contributed by atoms with Crippen LogP contribution in [0.15, 0.2) is 18.2 Å². The third-order valence-electron chi connectivity index (χ3n) is 3.99. The number of fused-ring (bicyclic) bond motifs is 1. The maximum absolute atomic E-state index is 11.4. The highest BCUT2D eigenvalue weighted by Gasteiger charge is 2.13. The summed E-state index contributed by atoms with van der Waals surface area (Å²) in [6.07, 6.45) is 3.19. The van der Waals surface area contributed by atoms with Gasteiger partial charge in [-0.05, 0) is 42.9 Å². The van der Waals surface area contributed by atoms with Crippen molar-refractivity contribution in [3.8, 4) is 0 Å². The van der Waals surface area contributed by atoms with E-state index >= 15 is 0 Å². The number of primary amides is 1. The van der Waals surface area contributed by atoms with Gasteiger partial charge in [0.1, 0.15) is 5.82 Å². The zero-order valence-electron chi connectivity index (χ0n) is 14.9. The second kappa shape index (κ2) is 9.90. The number of hydrogen-bond acceptors (Lipinski definition) is 2. The lowest BCUT2D eigenvalue weighted by Crippen LogP contribution is -2.11. The highest BCUT2D eigenvalue weighted by molar-refractivity contribution is 5.96. The fourth-order valence-corrected chi connectivity index (χ4v) is 2.57. The van der Waals surface area contributed by atoms with Crippen molar-refractivity contribution in [3.05, 3.63) is 29.6 Å². The Kier molecular flexibility index (Phi) is 9.38. The topological polar surface area (TPSA) is 60.9 Å². The molecule has 0 fully saturated rings. The number of rotatable bonds is 7. The summed E-state index contributed by atoms with van der Waals surface area (Å²) >= 11 is 0. The van der Waals surface area contributed by atoms with Crippen LogP contribution in [0.3, 0.4) is 0 Å². The SMILES string of the molecule is CC(C)CCc1nc2ccc(C(N)=O)cc2n1CCC(C)C.Cl.Cl. The maximum Gasteiger partial charge on any atom is 0.248 e. The van der Waals surface area contributed by atoms with Gasteiger partial charge in [-0.3, -0.25) is 4.79 Å². The molecule has 0 spiro atoms. The minimum absolute atomic E-state index is 0. The largest absolute Gasteiger partial charge is 0.366 e. The van der Waals surface area contributed by atoms with Crippen molar-refractivity contribution in [2.24, 2.45) is 17.6 Å². The second-order valence-corrected chi connectivity index (χ2v) is 6.86. The van der Waals surface area contributed by atoms with E-state index in [2.05, 4.69) is 32.3 Å². The van der Waals surface area contributed by atoms with E-state index in [1.807, 2.05) is 12.1 Å². The van der Waals surface area contributed by atoms with Gasteiger partial charge in [0.15, 0.2) is 0 Å². The normalized spacial score (nSPS) is 10.8. The molecule has 0 radical (unpaired) electrons. The molecule has 24 heavy (non-hydrogen) atoms. The molecule has 2 N–H and O–H groups in total. The van der Waals surface area contributed by atoms with E-state index in [0.717, 1.165) is 42.7 Å². The number of nitrogens with zero attached hydrogens (tertiary/aromatic N) is 2. The van der Waals surface area contributed by atoms with E-state index < -0.39 is 0 Å². The van der Waals surface area contributed by atoms with Crippen LogP contribution in [-0.4, -0.2) is 15.5 Å². The minimum Gasteiger partial charge on any atom is -0.366 e. The smallest absolute Gasteiger partial charge is 0.248 e. The van der Waals surface area contributed by atoms with E-state index in [1.54, 1.807) is 6.07 Å². The number of amides is 1. The lowest BCUT2D eigenvalue weighted by molar-refractivity contribution is 0.100. The molecule has 2 aromatic rings. The molecular weight excluding hydrogens is 345 g/mol. The number of nitrogens with two attached hydrogens (primary N) is 1. The second-order valence-electron chi connectivity index (χ2n) is 6.86. The Labute approximate surface area is 157 Å². The van der Waals surface area contributed by atoms with Gasteiger partial charge < -0.3 is 10.3 Å². The number of benzene rings is 1. The molecule has 1 aromatic carbocycles. The van der Waals surface area contributed by atoms with Crippen molar-refractivity contribution in [3.63, 3.8) is 0 Å². The van der Waals surface area contributed by atoms with Crippen molar-refractivity contribution in [2.45, 2.75) is 53.5 Å². The summed E-state index contributed by atoms with van der Waals surface area (Å²) in [5.41, 5.74) is 7.94. The molecule has 0 saturated carbocycles. The van der Waals surface area contributed by atoms with Crippen LogP contribution in [0.4, 0.5) is 0 Å². The molecule has 1 heterocycles. The number of carbonyl (C=O) groups excluding carboxylic acids is 1. The molecule has 0 aliphatic heterocycles. The number of aryl methyl sites for hydroxylation is 2. The van der Waals surface area contributed by atoms with Crippen LogP contribution in [0.25, 0.3) is 11.0 Å². The van der Waals surface area contributed by atoms with Gasteiger partial charge in [-0.1, -0.05) is 27.7 Å². The first-order chi connectivity index (χ1) is 10.4. The van der Waals surface area contributed by atoms with Crippen LogP contribution in [0.5, 0.6) is 0 Å². The summed E-state index contributed by atoms with van der Waals surface area (Å²) in [6.45, 7) is 9.84. The van der Waals surface area contributed by atoms with Gasteiger partial charge in [0, 0.05) is 18.5 Å². The number of halogens is 2. The quantitative estimate of drug-likeness (QED) is 0.769. The third-order valence-corrected chi connectivity index (χ3v) is 3.99. The zero-order chi connectivity index (χ0) is 16.3. The highest BCUT2D eigenvalue weighted by Crippen LogP contribution is 2.21. The van der Waals surface area contributed by atoms with Gasteiger partial charge >= 0.3 is 0 Å². The molecule has 0 atom stereocenters. The molecule has 1 amide bonds. The number of hydrogen-bond donors (Lipinski definition) is 1. The first kappa shape index (κ1) is 22.7. The summed E-state index contributed by atoms with van der Waals surface area (Å²) in [5, 5.41) is 0. The summed E-state index contributed by atoms with van der Waals surface area (Å²) < 4.78 is 2.27. The molecule has 0 saturated heterocycles. The molecule has 1 aromatic heterocycles. The van der Waals surface area contributed by atoms with Crippen LogP contribution in [-0.2, 0) is 13.0 Å². The number of imidazole rings is 1. The van der Waals surface area contributed by atoms with Gasteiger partial charge in [0.25, 0.3) is 0 Å². The van der Waals surface area contributed by atoms with E-state index in [9.17, 15) is 4.79 Å². The van der Waals surface area contributed by atoms with Gasteiger partial charge in [-0.2, -0.15) is 0 Å². The predicted molar refractivity (Wildman–Crippen MR) is 105 cm³/mol. The van der Waals surface area contributed by atoms with E-state index in [4.69, 9.17) is 10.7 Å². The summed E-state index contributed by atoms with van der Waals surface area (Å²) in [5.74, 6) is 2.02. The van der Waals surface area contributed by atoms with Crippen molar-refractivity contribution < 1.29 is 4.79 Å². The fraction of sp³-hybridized carbons (Fsp3) is 0.556. The fourth-order valence-electron chi connectivity index (χ4n) is 2.57. The first-order valence-corrected chi connectivity index (χ1v) is 8.17. The lowest BCUT2D eigenvalue weighted by Gasteiger charge is -2.12. The van der Waals surface area contributed by atoms with Crippen LogP contribution in [0.2, 0.25) is 0 Å². The average Bonchev–Trinajstić information content (AvgIpc) is 2.79. The van der Waals surface area contributed by atoms with Crippen molar-refractivity contribution >= 4 is 41.8 Å². The van der Waals surface area contributed by atoms with Crippen molar-refractivity contribution in [2.75, 3.05) is 0 Å². The van der Waals surface area contributed by atoms with Crippen LogP contribution in [0, 0.1) is 11.8 Å². The van der Waals surface area contributed by atoms with Crippen molar-refractivity contribution in [1.82, 2.24) is 9.55 Å². The Morgan fingerprint density at radius 2 is 1.75 bits per heavy atom. The lowest BCUT2D eigenvalue weighted by atomic mass is 10.1. The van der Waals surface area contributed by atoms with E-state index in [1.165, 1.54) is 0 Å². The number of carbonyl (C=O) groups is 1. The molecule has 0 unspecified atom stereocenters. The Bertz CT molecular complexity index is 666. The Hall–Kier alpha value is -1.26. The first-order valence-electron chi connectivity index (χ1n) is 8.17. The molecule has 0 aliphatic rings.